The molecule has 23 heavy (non-hydrogen) atoms. The van der Waals surface area contributed by atoms with Crippen molar-refractivity contribution in [1.82, 2.24) is 0 Å². The van der Waals surface area contributed by atoms with Gasteiger partial charge in [0.1, 0.15) is 0 Å². The van der Waals surface area contributed by atoms with Gasteiger partial charge in [0.2, 0.25) is 11.6 Å². The van der Waals surface area contributed by atoms with Gasteiger partial charge in [-0.05, 0) is 56.8 Å². The minimum Gasteiger partial charge on any atom is -0.396 e. The quantitative estimate of drug-likeness (QED) is 0.763. The van der Waals surface area contributed by atoms with E-state index in [9.17, 15) is 10.2 Å². The van der Waals surface area contributed by atoms with E-state index in [2.05, 4.69) is 0 Å². The number of rotatable bonds is 2. The molecular weight excluding hydrogens is 296 g/mol. The van der Waals surface area contributed by atoms with Crippen molar-refractivity contribution in [2.75, 3.05) is 13.2 Å². The fourth-order valence-corrected chi connectivity index (χ4v) is 6.32. The Labute approximate surface area is 137 Å². The van der Waals surface area contributed by atoms with Crippen LogP contribution in [0.3, 0.4) is 0 Å². The average Bonchev–Trinajstić information content (AvgIpc) is 2.94. The molecule has 5 aliphatic carbocycles. The first-order chi connectivity index (χ1) is 11.1. The Bertz CT molecular complexity index is 448. The Morgan fingerprint density at radius 2 is 1.30 bits per heavy atom. The normalized spacial score (nSPS) is 49.3. The molecule has 0 unspecified atom stereocenters. The van der Waals surface area contributed by atoms with Crippen LogP contribution in [0.25, 0.3) is 0 Å². The lowest BCUT2D eigenvalue weighted by atomic mass is 9.53. The molecule has 5 nitrogen and oxygen atoms in total. The zero-order valence-electron chi connectivity index (χ0n) is 13.7. The summed E-state index contributed by atoms with van der Waals surface area (Å²) in [5.41, 5.74) is -0.377. The van der Waals surface area contributed by atoms with Crippen molar-refractivity contribution in [1.29, 1.82) is 0 Å². The van der Waals surface area contributed by atoms with Gasteiger partial charge in [0, 0.05) is 30.1 Å². The van der Waals surface area contributed by atoms with Crippen molar-refractivity contribution in [3.8, 4) is 0 Å². The fraction of sp³-hybridized carbons (Fsp3) is 1.00. The molecule has 0 amide bonds. The minimum atomic E-state index is -0.650. The van der Waals surface area contributed by atoms with E-state index in [1.807, 2.05) is 0 Å². The molecule has 2 spiro atoms. The van der Waals surface area contributed by atoms with Crippen molar-refractivity contribution < 1.29 is 24.7 Å². The lowest BCUT2D eigenvalue weighted by molar-refractivity contribution is -0.390. The summed E-state index contributed by atoms with van der Waals surface area (Å²) in [7, 11) is 0. The number of ether oxygens (including phenoxy) is 1. The molecular formula is C18H28O5. The van der Waals surface area contributed by atoms with Crippen molar-refractivity contribution in [2.24, 2.45) is 29.1 Å². The Hall–Kier alpha value is -0.200. The molecule has 2 N–H and O–H groups in total. The second-order valence-corrected chi connectivity index (χ2v) is 9.02. The van der Waals surface area contributed by atoms with Gasteiger partial charge in [-0.2, -0.15) is 9.78 Å². The largest absolute Gasteiger partial charge is 0.396 e. The molecule has 0 aromatic carbocycles. The Morgan fingerprint density at radius 3 is 1.83 bits per heavy atom. The van der Waals surface area contributed by atoms with E-state index in [1.165, 1.54) is 32.1 Å². The monoisotopic (exact) mass is 324 g/mol. The van der Waals surface area contributed by atoms with E-state index < -0.39 is 11.6 Å². The van der Waals surface area contributed by atoms with E-state index >= 15 is 0 Å². The Balaban J connectivity index is 1.35. The second kappa shape index (κ2) is 4.92. The first-order valence-electron chi connectivity index (χ1n) is 9.40. The maximum Gasteiger partial charge on any atom is 0.210 e. The SMILES string of the molecule is OCC1(CO)CCC2(CC1)OOC1(O2)C2CC3CC(C2)CC1C3. The van der Waals surface area contributed by atoms with Crippen molar-refractivity contribution in [3.63, 3.8) is 0 Å². The molecule has 130 valence electrons. The highest BCUT2D eigenvalue weighted by Crippen LogP contribution is 2.64. The summed E-state index contributed by atoms with van der Waals surface area (Å²) in [6, 6.07) is 0. The highest BCUT2D eigenvalue weighted by molar-refractivity contribution is 5.06. The summed E-state index contributed by atoms with van der Waals surface area (Å²) < 4.78 is 6.63. The molecule has 6 rings (SSSR count). The molecule has 6 aliphatic rings. The Kier molecular flexibility index (Phi) is 3.22. The van der Waals surface area contributed by atoms with Crippen molar-refractivity contribution in [3.05, 3.63) is 0 Å². The maximum atomic E-state index is 9.61. The van der Waals surface area contributed by atoms with Gasteiger partial charge in [-0.15, -0.1) is 0 Å². The van der Waals surface area contributed by atoms with Crippen LogP contribution < -0.4 is 0 Å². The maximum absolute atomic E-state index is 9.61. The summed E-state index contributed by atoms with van der Waals surface area (Å²) >= 11 is 0. The lowest BCUT2D eigenvalue weighted by Gasteiger charge is -2.57. The average molecular weight is 324 g/mol. The second-order valence-electron chi connectivity index (χ2n) is 9.02. The predicted molar refractivity (Wildman–Crippen MR) is 80.8 cm³/mol. The van der Waals surface area contributed by atoms with Crippen LogP contribution >= 0.6 is 0 Å². The van der Waals surface area contributed by atoms with Gasteiger partial charge in [0.15, 0.2) is 0 Å². The summed E-state index contributed by atoms with van der Waals surface area (Å²) in [6.45, 7) is 0.0559. The Morgan fingerprint density at radius 1 is 0.739 bits per heavy atom. The first kappa shape index (κ1) is 15.1. The molecule has 0 radical (unpaired) electrons. The van der Waals surface area contributed by atoms with E-state index in [4.69, 9.17) is 14.5 Å². The van der Waals surface area contributed by atoms with Crippen LogP contribution in [0.4, 0.5) is 0 Å². The molecule has 5 saturated carbocycles. The summed E-state index contributed by atoms with van der Waals surface area (Å²) in [5, 5.41) is 19.2. The highest BCUT2D eigenvalue weighted by atomic mass is 17.3. The molecule has 0 aromatic rings. The molecule has 5 heteroatoms. The number of aliphatic hydroxyl groups excluding tert-OH is 2. The fourth-order valence-electron chi connectivity index (χ4n) is 6.32. The number of hydrogen-bond acceptors (Lipinski definition) is 5. The third-order valence-corrected chi connectivity index (χ3v) is 7.69. The molecule has 4 bridgehead atoms. The van der Waals surface area contributed by atoms with Gasteiger partial charge < -0.3 is 14.9 Å². The van der Waals surface area contributed by atoms with E-state index in [1.54, 1.807) is 0 Å². The third-order valence-electron chi connectivity index (χ3n) is 7.69. The van der Waals surface area contributed by atoms with Crippen molar-refractivity contribution in [2.45, 2.75) is 69.4 Å². The molecule has 1 saturated heterocycles. The lowest BCUT2D eigenvalue weighted by Crippen LogP contribution is -2.59. The van der Waals surface area contributed by atoms with Crippen LogP contribution in [0.5, 0.6) is 0 Å². The smallest absolute Gasteiger partial charge is 0.210 e. The van der Waals surface area contributed by atoms with Crippen molar-refractivity contribution >= 4 is 0 Å². The summed E-state index contributed by atoms with van der Waals surface area (Å²) in [5.74, 6) is 1.56. The topological polar surface area (TPSA) is 68.2 Å². The molecule has 0 atom stereocenters. The van der Waals surface area contributed by atoms with Gasteiger partial charge in [-0.1, -0.05) is 0 Å². The summed E-state index contributed by atoms with van der Waals surface area (Å²) in [4.78, 5) is 11.9. The molecule has 1 heterocycles. The van der Waals surface area contributed by atoms with Crippen LogP contribution in [-0.4, -0.2) is 35.0 Å². The van der Waals surface area contributed by atoms with E-state index in [-0.39, 0.29) is 18.6 Å². The van der Waals surface area contributed by atoms with Gasteiger partial charge in [0.25, 0.3) is 0 Å². The number of aliphatic hydroxyl groups is 2. The van der Waals surface area contributed by atoms with Crippen LogP contribution in [0.1, 0.15) is 57.8 Å². The summed E-state index contributed by atoms with van der Waals surface area (Å²) in [6.07, 6.45) is 9.15. The van der Waals surface area contributed by atoms with Gasteiger partial charge in [-0.25, -0.2) is 0 Å². The molecule has 1 aliphatic heterocycles. The van der Waals surface area contributed by atoms with Crippen LogP contribution in [0.15, 0.2) is 0 Å². The van der Waals surface area contributed by atoms with Gasteiger partial charge in [-0.3, -0.25) is 0 Å². The van der Waals surface area contributed by atoms with Gasteiger partial charge in [0.05, 0.1) is 13.2 Å². The molecule has 6 fully saturated rings. The van der Waals surface area contributed by atoms with Crippen LogP contribution in [0.2, 0.25) is 0 Å². The zero-order valence-corrected chi connectivity index (χ0v) is 13.7. The zero-order chi connectivity index (χ0) is 15.7. The highest BCUT2D eigenvalue weighted by Gasteiger charge is 2.67. The van der Waals surface area contributed by atoms with Gasteiger partial charge >= 0.3 is 0 Å². The third kappa shape index (κ3) is 2.04. The first-order valence-corrected chi connectivity index (χ1v) is 9.40. The molecule has 0 aromatic heterocycles. The number of hydrogen-bond donors (Lipinski definition) is 2. The van der Waals surface area contributed by atoms with Crippen LogP contribution in [-0.2, 0) is 14.5 Å². The minimum absolute atomic E-state index is 0.0280. The van der Waals surface area contributed by atoms with Crippen LogP contribution in [0, 0.1) is 29.1 Å². The standard InChI is InChI=1S/C18H28O5/c19-10-16(11-20)1-3-17(4-2-16)21-18(23-22-17)14-6-12-5-13(8-14)9-15(18)7-12/h12-15,19-20H,1-11H2. The van der Waals surface area contributed by atoms with E-state index in [0.29, 0.717) is 24.7 Å². The van der Waals surface area contributed by atoms with E-state index in [0.717, 1.165) is 24.7 Å². The predicted octanol–water partition coefficient (Wildman–Crippen LogP) is 2.36.